The zero-order valence-corrected chi connectivity index (χ0v) is 13.3. The highest BCUT2D eigenvalue weighted by atomic mass is 16.2. The molecule has 1 aromatic heterocycles. The third kappa shape index (κ3) is 3.20. The Hall–Kier alpha value is -1.36. The Balaban J connectivity index is 2.14. The average Bonchev–Trinajstić information content (AvgIpc) is 2.78. The molecule has 0 aliphatic carbocycles. The molecule has 20 heavy (non-hydrogen) atoms. The van der Waals surface area contributed by atoms with Crippen molar-refractivity contribution in [2.24, 2.45) is 0 Å². The predicted molar refractivity (Wildman–Crippen MR) is 79.6 cm³/mol. The molecular formula is C15H26N4O. The minimum Gasteiger partial charge on any atom is -0.343 e. The van der Waals surface area contributed by atoms with E-state index in [0.29, 0.717) is 18.5 Å². The number of likely N-dealkylation sites (N-methyl/N-ethyl adjacent to an activating group) is 1. The molecule has 1 aromatic rings. The second-order valence-electron chi connectivity index (χ2n) is 6.29. The molecule has 0 unspecified atom stereocenters. The van der Waals surface area contributed by atoms with E-state index in [4.69, 9.17) is 5.10 Å². The molecule has 1 aliphatic heterocycles. The van der Waals surface area contributed by atoms with E-state index >= 15 is 0 Å². The van der Waals surface area contributed by atoms with E-state index < -0.39 is 0 Å². The molecule has 0 atom stereocenters. The fourth-order valence-corrected chi connectivity index (χ4v) is 2.47. The number of hydrogen-bond donors (Lipinski definition) is 0. The zero-order chi connectivity index (χ0) is 14.9. The number of nitrogens with zero attached hydrogens (tertiary/aromatic N) is 4. The summed E-state index contributed by atoms with van der Waals surface area (Å²) in [6.45, 7) is 11.7. The fraction of sp³-hybridized carbons (Fsp3) is 0.733. The molecule has 0 spiro atoms. The van der Waals surface area contributed by atoms with Crippen LogP contribution in [0.3, 0.4) is 0 Å². The SMILES string of the molecule is CC(C)c1cn(C(C)C)nc1CN1CCN(C)C(=O)C1. The van der Waals surface area contributed by atoms with Gasteiger partial charge in [-0.05, 0) is 25.3 Å². The van der Waals surface area contributed by atoms with Crippen molar-refractivity contribution >= 4 is 5.91 Å². The van der Waals surface area contributed by atoms with E-state index in [1.165, 1.54) is 5.56 Å². The van der Waals surface area contributed by atoms with Gasteiger partial charge in [0.15, 0.2) is 0 Å². The van der Waals surface area contributed by atoms with Crippen LogP contribution in [0.15, 0.2) is 6.20 Å². The van der Waals surface area contributed by atoms with Gasteiger partial charge in [-0.1, -0.05) is 13.8 Å². The van der Waals surface area contributed by atoms with Crippen LogP contribution in [-0.4, -0.2) is 52.2 Å². The molecule has 1 fully saturated rings. The van der Waals surface area contributed by atoms with Crippen molar-refractivity contribution in [1.29, 1.82) is 0 Å². The van der Waals surface area contributed by atoms with Crippen molar-refractivity contribution in [2.45, 2.75) is 46.2 Å². The summed E-state index contributed by atoms with van der Waals surface area (Å²) in [4.78, 5) is 15.8. The van der Waals surface area contributed by atoms with Crippen molar-refractivity contribution in [2.75, 3.05) is 26.7 Å². The highest BCUT2D eigenvalue weighted by molar-refractivity contribution is 5.78. The molecule has 2 rings (SSSR count). The molecule has 1 amide bonds. The fourth-order valence-electron chi connectivity index (χ4n) is 2.47. The van der Waals surface area contributed by atoms with Gasteiger partial charge in [0.25, 0.3) is 0 Å². The van der Waals surface area contributed by atoms with Crippen LogP contribution in [0, 0.1) is 0 Å². The maximum atomic E-state index is 11.8. The lowest BCUT2D eigenvalue weighted by Crippen LogP contribution is -2.48. The van der Waals surface area contributed by atoms with Crippen LogP contribution in [-0.2, 0) is 11.3 Å². The Morgan fingerprint density at radius 1 is 1.25 bits per heavy atom. The summed E-state index contributed by atoms with van der Waals surface area (Å²) >= 11 is 0. The second-order valence-corrected chi connectivity index (χ2v) is 6.29. The normalized spacial score (nSPS) is 17.6. The summed E-state index contributed by atoms with van der Waals surface area (Å²) in [6.07, 6.45) is 2.16. The van der Waals surface area contributed by atoms with Gasteiger partial charge in [0, 0.05) is 38.9 Å². The van der Waals surface area contributed by atoms with Gasteiger partial charge in [-0.15, -0.1) is 0 Å². The highest BCUT2D eigenvalue weighted by Gasteiger charge is 2.23. The van der Waals surface area contributed by atoms with E-state index in [0.717, 1.165) is 25.3 Å². The summed E-state index contributed by atoms with van der Waals surface area (Å²) in [7, 11) is 1.87. The van der Waals surface area contributed by atoms with Crippen LogP contribution < -0.4 is 0 Å². The molecule has 0 saturated carbocycles. The Morgan fingerprint density at radius 2 is 1.95 bits per heavy atom. The number of hydrogen-bond acceptors (Lipinski definition) is 3. The summed E-state index contributed by atoms with van der Waals surface area (Å²) < 4.78 is 2.03. The lowest BCUT2D eigenvalue weighted by molar-refractivity contribution is -0.134. The first-order valence-corrected chi connectivity index (χ1v) is 7.42. The van der Waals surface area contributed by atoms with E-state index in [2.05, 4.69) is 38.8 Å². The Kier molecular flexibility index (Phi) is 4.48. The van der Waals surface area contributed by atoms with Gasteiger partial charge in [-0.2, -0.15) is 5.10 Å². The lowest BCUT2D eigenvalue weighted by Gasteiger charge is -2.31. The molecule has 5 nitrogen and oxygen atoms in total. The number of amides is 1. The van der Waals surface area contributed by atoms with Crippen LogP contribution in [0.4, 0.5) is 0 Å². The molecule has 0 bridgehead atoms. The molecule has 1 saturated heterocycles. The standard InChI is InChI=1S/C15H26N4O/c1-11(2)13-8-19(12(3)4)16-14(13)9-18-7-6-17(5)15(20)10-18/h8,11-12H,6-7,9-10H2,1-5H3. The summed E-state index contributed by atoms with van der Waals surface area (Å²) in [5.74, 6) is 0.659. The number of rotatable bonds is 4. The van der Waals surface area contributed by atoms with Gasteiger partial charge in [0.2, 0.25) is 5.91 Å². The minimum absolute atomic E-state index is 0.200. The highest BCUT2D eigenvalue weighted by Crippen LogP contribution is 2.22. The molecule has 2 heterocycles. The summed E-state index contributed by atoms with van der Waals surface area (Å²) in [5, 5.41) is 4.72. The summed E-state index contributed by atoms with van der Waals surface area (Å²) in [5.41, 5.74) is 2.41. The topological polar surface area (TPSA) is 41.4 Å². The lowest BCUT2D eigenvalue weighted by atomic mass is 10.0. The van der Waals surface area contributed by atoms with Gasteiger partial charge in [-0.25, -0.2) is 0 Å². The number of aromatic nitrogens is 2. The third-order valence-electron chi connectivity index (χ3n) is 3.90. The molecule has 0 aromatic carbocycles. The molecule has 0 radical (unpaired) electrons. The van der Waals surface area contributed by atoms with Crippen molar-refractivity contribution in [1.82, 2.24) is 19.6 Å². The number of carbonyl (C=O) groups is 1. The van der Waals surface area contributed by atoms with E-state index in [1.54, 1.807) is 4.90 Å². The minimum atomic E-state index is 0.200. The van der Waals surface area contributed by atoms with Crippen molar-refractivity contribution in [3.05, 3.63) is 17.5 Å². The maximum Gasteiger partial charge on any atom is 0.236 e. The maximum absolute atomic E-state index is 11.8. The summed E-state index contributed by atoms with van der Waals surface area (Å²) in [6, 6.07) is 0.371. The van der Waals surface area contributed by atoms with Gasteiger partial charge < -0.3 is 4.90 Å². The largest absolute Gasteiger partial charge is 0.343 e. The Bertz CT molecular complexity index is 478. The van der Waals surface area contributed by atoms with E-state index in [1.807, 2.05) is 11.7 Å². The third-order valence-corrected chi connectivity index (χ3v) is 3.90. The zero-order valence-electron chi connectivity index (χ0n) is 13.3. The van der Waals surface area contributed by atoms with Crippen molar-refractivity contribution in [3.8, 4) is 0 Å². The van der Waals surface area contributed by atoms with Crippen LogP contribution in [0.1, 0.15) is 50.9 Å². The molecule has 1 aliphatic rings. The Labute approximate surface area is 121 Å². The molecule has 112 valence electrons. The smallest absolute Gasteiger partial charge is 0.236 e. The first kappa shape index (κ1) is 15.0. The average molecular weight is 278 g/mol. The van der Waals surface area contributed by atoms with Crippen LogP contribution in [0.2, 0.25) is 0 Å². The van der Waals surface area contributed by atoms with Gasteiger partial charge in [0.05, 0.1) is 12.2 Å². The van der Waals surface area contributed by atoms with Crippen LogP contribution in [0.5, 0.6) is 0 Å². The number of piperazine rings is 1. The van der Waals surface area contributed by atoms with Gasteiger partial charge in [-0.3, -0.25) is 14.4 Å². The molecular weight excluding hydrogens is 252 g/mol. The van der Waals surface area contributed by atoms with Gasteiger partial charge >= 0.3 is 0 Å². The van der Waals surface area contributed by atoms with E-state index in [-0.39, 0.29) is 5.91 Å². The van der Waals surface area contributed by atoms with Crippen molar-refractivity contribution in [3.63, 3.8) is 0 Å². The van der Waals surface area contributed by atoms with Gasteiger partial charge in [0.1, 0.15) is 0 Å². The molecule has 5 heteroatoms. The van der Waals surface area contributed by atoms with Crippen LogP contribution >= 0.6 is 0 Å². The predicted octanol–water partition coefficient (Wildman–Crippen LogP) is 1.86. The quantitative estimate of drug-likeness (QED) is 0.844. The first-order valence-electron chi connectivity index (χ1n) is 7.42. The van der Waals surface area contributed by atoms with Crippen molar-refractivity contribution < 1.29 is 4.79 Å². The first-order chi connectivity index (χ1) is 9.38. The van der Waals surface area contributed by atoms with Crippen LogP contribution in [0.25, 0.3) is 0 Å². The Morgan fingerprint density at radius 3 is 2.50 bits per heavy atom. The number of carbonyl (C=O) groups excluding carboxylic acids is 1. The van der Waals surface area contributed by atoms with E-state index in [9.17, 15) is 4.79 Å². The molecule has 0 N–H and O–H groups in total. The second kappa shape index (κ2) is 5.95. The monoisotopic (exact) mass is 278 g/mol.